The van der Waals surface area contributed by atoms with Crippen LogP contribution in [0.25, 0.3) is 0 Å². The van der Waals surface area contributed by atoms with Gasteiger partial charge in [-0.3, -0.25) is 0 Å². The average molecular weight is 155 g/mol. The van der Waals surface area contributed by atoms with E-state index in [1.165, 1.54) is 49.9 Å². The van der Waals surface area contributed by atoms with Gasteiger partial charge in [0.15, 0.2) is 0 Å². The van der Waals surface area contributed by atoms with Crippen LogP contribution in [0.5, 0.6) is 0 Å². The van der Waals surface area contributed by atoms with Gasteiger partial charge in [0.25, 0.3) is 0 Å². The molecule has 2 rings (SSSR count). The van der Waals surface area contributed by atoms with E-state index >= 15 is 0 Å². The molecule has 0 aromatic rings. The van der Waals surface area contributed by atoms with Crippen LogP contribution in [-0.4, -0.2) is 30.7 Å². The van der Waals surface area contributed by atoms with E-state index in [1.807, 2.05) is 0 Å². The Hall–Kier alpha value is -0.0400. The van der Waals surface area contributed by atoms with Crippen molar-refractivity contribution in [1.29, 1.82) is 0 Å². The van der Waals surface area contributed by atoms with Gasteiger partial charge in [0.05, 0.1) is 26.2 Å². The van der Waals surface area contributed by atoms with Crippen molar-refractivity contribution >= 4 is 0 Å². The Morgan fingerprint density at radius 3 is 2.18 bits per heavy atom. The van der Waals surface area contributed by atoms with Gasteiger partial charge in [-0.15, -0.1) is 0 Å². The van der Waals surface area contributed by atoms with Crippen molar-refractivity contribution in [2.45, 2.75) is 26.2 Å². The van der Waals surface area contributed by atoms with Crippen LogP contribution in [0.1, 0.15) is 26.2 Å². The third-order valence-corrected chi connectivity index (χ3v) is 3.31. The van der Waals surface area contributed by atoms with Gasteiger partial charge < -0.3 is 11.9 Å². The molecule has 0 aliphatic carbocycles. The van der Waals surface area contributed by atoms with Crippen molar-refractivity contribution < 1.29 is 4.48 Å². The predicted octanol–water partition coefficient (Wildman–Crippen LogP) is 2.09. The van der Waals surface area contributed by atoms with Crippen molar-refractivity contribution in [3.8, 4) is 0 Å². The standard InChI is InChI=1S/C9H18N.CH3/c1-9-4-7-10(8-9)5-2-3-6-10;/h9H,2-8H2,1H3;1H3/q+1;-1. The zero-order valence-corrected chi connectivity index (χ0v) is 7.97. The second-order valence-electron chi connectivity index (χ2n) is 4.30. The molecule has 0 amide bonds. The lowest BCUT2D eigenvalue weighted by Crippen LogP contribution is -2.42. The fourth-order valence-corrected chi connectivity index (χ4v) is 2.75. The first-order chi connectivity index (χ1) is 4.81. The van der Waals surface area contributed by atoms with Crippen LogP contribution in [0.3, 0.4) is 0 Å². The van der Waals surface area contributed by atoms with Crippen LogP contribution in [0.15, 0.2) is 0 Å². The molecule has 2 fully saturated rings. The minimum atomic E-state index is 0. The average Bonchev–Trinajstić information content (AvgIpc) is 2.46. The van der Waals surface area contributed by atoms with Crippen LogP contribution in [0.4, 0.5) is 0 Å². The highest BCUT2D eigenvalue weighted by Gasteiger charge is 2.38. The minimum Gasteiger partial charge on any atom is -0.358 e. The molecule has 1 atom stereocenters. The lowest BCUT2D eigenvalue weighted by molar-refractivity contribution is -0.906. The highest BCUT2D eigenvalue weighted by molar-refractivity contribution is 4.66. The molecule has 0 bridgehead atoms. The summed E-state index contributed by atoms with van der Waals surface area (Å²) in [5.74, 6) is 1.01. The first kappa shape index (κ1) is 9.05. The van der Waals surface area contributed by atoms with Crippen molar-refractivity contribution in [3.63, 3.8) is 0 Å². The van der Waals surface area contributed by atoms with Crippen LogP contribution in [0, 0.1) is 13.3 Å². The summed E-state index contributed by atoms with van der Waals surface area (Å²) in [6.07, 6.45) is 4.47. The lowest BCUT2D eigenvalue weighted by atomic mass is 10.2. The Morgan fingerprint density at radius 1 is 1.09 bits per heavy atom. The summed E-state index contributed by atoms with van der Waals surface area (Å²) in [6.45, 7) is 8.36. The highest BCUT2D eigenvalue weighted by atomic mass is 15.4. The molecule has 1 nitrogen and oxygen atoms in total. The molecule has 0 radical (unpaired) electrons. The van der Waals surface area contributed by atoms with E-state index < -0.39 is 0 Å². The minimum absolute atomic E-state index is 0. The fourth-order valence-electron chi connectivity index (χ4n) is 2.75. The Balaban J connectivity index is 0.000000605. The van der Waals surface area contributed by atoms with E-state index in [9.17, 15) is 0 Å². The number of hydrogen-bond donors (Lipinski definition) is 0. The maximum absolute atomic E-state index is 2.41. The molecule has 0 aromatic heterocycles. The Morgan fingerprint density at radius 2 is 1.73 bits per heavy atom. The summed E-state index contributed by atoms with van der Waals surface area (Å²) in [4.78, 5) is 0. The summed E-state index contributed by atoms with van der Waals surface area (Å²) in [7, 11) is 0. The van der Waals surface area contributed by atoms with E-state index in [-0.39, 0.29) is 7.43 Å². The molecule has 0 saturated carbocycles. The highest BCUT2D eigenvalue weighted by Crippen LogP contribution is 2.29. The monoisotopic (exact) mass is 155 g/mol. The molecule has 11 heavy (non-hydrogen) atoms. The van der Waals surface area contributed by atoms with E-state index in [4.69, 9.17) is 0 Å². The van der Waals surface area contributed by atoms with E-state index in [2.05, 4.69) is 6.92 Å². The zero-order chi connectivity index (χ0) is 7.03. The molecule has 1 heteroatoms. The quantitative estimate of drug-likeness (QED) is 0.371. The molecule has 0 aromatic carbocycles. The second kappa shape index (κ2) is 3.14. The predicted molar refractivity (Wildman–Crippen MR) is 49.2 cm³/mol. The number of rotatable bonds is 0. The van der Waals surface area contributed by atoms with Crippen molar-refractivity contribution in [3.05, 3.63) is 7.43 Å². The van der Waals surface area contributed by atoms with Crippen molar-refractivity contribution in [2.75, 3.05) is 26.2 Å². The maximum Gasteiger partial charge on any atom is 0.0814 e. The van der Waals surface area contributed by atoms with Gasteiger partial charge >= 0.3 is 0 Å². The van der Waals surface area contributed by atoms with Crippen molar-refractivity contribution in [1.82, 2.24) is 0 Å². The smallest absolute Gasteiger partial charge is 0.0814 e. The zero-order valence-electron chi connectivity index (χ0n) is 7.97. The lowest BCUT2D eigenvalue weighted by Gasteiger charge is -2.28. The SMILES string of the molecule is CC1CC[N+]2(CCCC2)C1.[CH3-]. The first-order valence-corrected chi connectivity index (χ1v) is 4.66. The molecular formula is C10H21N. The summed E-state index contributed by atoms with van der Waals surface area (Å²) in [5.41, 5.74) is 0. The Labute approximate surface area is 71.0 Å². The molecule has 0 N–H and O–H groups in total. The summed E-state index contributed by atoms with van der Waals surface area (Å²) in [6, 6.07) is 0. The molecular weight excluding hydrogens is 134 g/mol. The van der Waals surface area contributed by atoms with Gasteiger partial charge in [-0.25, -0.2) is 0 Å². The first-order valence-electron chi connectivity index (χ1n) is 4.66. The van der Waals surface area contributed by atoms with Crippen LogP contribution >= 0.6 is 0 Å². The summed E-state index contributed by atoms with van der Waals surface area (Å²) >= 11 is 0. The van der Waals surface area contributed by atoms with Gasteiger partial charge in [-0.1, -0.05) is 6.92 Å². The Bertz CT molecular complexity index is 125. The van der Waals surface area contributed by atoms with Crippen LogP contribution < -0.4 is 0 Å². The molecule has 2 heterocycles. The van der Waals surface area contributed by atoms with Gasteiger partial charge in [0.1, 0.15) is 0 Å². The topological polar surface area (TPSA) is 0 Å². The van der Waals surface area contributed by atoms with E-state index in [1.54, 1.807) is 0 Å². The maximum atomic E-state index is 2.41. The van der Waals surface area contributed by atoms with E-state index in [0.717, 1.165) is 5.92 Å². The van der Waals surface area contributed by atoms with Gasteiger partial charge in [-0.2, -0.15) is 0 Å². The molecule has 66 valence electrons. The number of quaternary nitrogens is 1. The van der Waals surface area contributed by atoms with Crippen LogP contribution in [-0.2, 0) is 0 Å². The second-order valence-corrected chi connectivity index (χ2v) is 4.30. The number of nitrogens with zero attached hydrogens (tertiary/aromatic N) is 1. The van der Waals surface area contributed by atoms with E-state index in [0.29, 0.717) is 0 Å². The molecule has 2 saturated heterocycles. The largest absolute Gasteiger partial charge is 0.358 e. The fraction of sp³-hybridized carbons (Fsp3) is 0.900. The normalized spacial score (nSPS) is 34.1. The summed E-state index contributed by atoms with van der Waals surface area (Å²) < 4.78 is 1.49. The third-order valence-electron chi connectivity index (χ3n) is 3.31. The molecule has 1 spiro atoms. The Kier molecular flexibility index (Phi) is 2.58. The van der Waals surface area contributed by atoms with Crippen LogP contribution in [0.2, 0.25) is 0 Å². The molecule has 2 aliphatic heterocycles. The molecule has 2 aliphatic rings. The van der Waals surface area contributed by atoms with Crippen molar-refractivity contribution in [2.24, 2.45) is 5.92 Å². The molecule has 1 unspecified atom stereocenters. The van der Waals surface area contributed by atoms with Gasteiger partial charge in [-0.05, 0) is 0 Å². The van der Waals surface area contributed by atoms with Gasteiger partial charge in [0, 0.05) is 25.2 Å². The van der Waals surface area contributed by atoms with Gasteiger partial charge in [0.2, 0.25) is 0 Å². The summed E-state index contributed by atoms with van der Waals surface area (Å²) in [5, 5.41) is 0. The number of hydrogen-bond acceptors (Lipinski definition) is 0. The third kappa shape index (κ3) is 1.58.